The number of sulfonamides is 1. The van der Waals surface area contributed by atoms with Gasteiger partial charge in [0.25, 0.3) is 0 Å². The van der Waals surface area contributed by atoms with Crippen molar-refractivity contribution < 1.29 is 31.2 Å². The van der Waals surface area contributed by atoms with Crippen LogP contribution in [0.5, 0.6) is 0 Å². The Bertz CT molecular complexity index is 724. The summed E-state index contributed by atoms with van der Waals surface area (Å²) in [6.45, 7) is 2.14. The number of carbonyl (C=O) groups is 1. The summed E-state index contributed by atoms with van der Waals surface area (Å²) in [7, 11) is -4.08. The fraction of sp³-hybridized carbons (Fsp3) is 0.500. The molecule has 2 rings (SSSR count). The molecule has 1 aliphatic heterocycles. The molecule has 25 heavy (non-hydrogen) atoms. The number of urea groups is 1. The highest BCUT2D eigenvalue weighted by Crippen LogP contribution is 2.31. The molecular weight excluding hydrogens is 363 g/mol. The molecular formula is C14H18F3N3O4S. The van der Waals surface area contributed by atoms with Gasteiger partial charge in [0.2, 0.25) is 10.0 Å². The highest BCUT2D eigenvalue weighted by atomic mass is 32.2. The second-order valence-electron chi connectivity index (χ2n) is 5.38. The summed E-state index contributed by atoms with van der Waals surface area (Å²) in [5.41, 5.74) is 1.12. The molecule has 0 aromatic heterocycles. The van der Waals surface area contributed by atoms with Gasteiger partial charge in [-0.15, -0.1) is 0 Å². The van der Waals surface area contributed by atoms with Gasteiger partial charge in [0.15, 0.2) is 0 Å². The Balaban J connectivity index is 2.05. The lowest BCUT2D eigenvalue weighted by Crippen LogP contribution is -2.39. The smallest absolute Gasteiger partial charge is 0.337 e. The number of rotatable bonds is 5. The third-order valence-electron chi connectivity index (χ3n) is 3.56. The highest BCUT2D eigenvalue weighted by molar-refractivity contribution is 7.89. The summed E-state index contributed by atoms with van der Waals surface area (Å²) in [5.74, 6) is 0. The molecule has 1 fully saturated rings. The molecule has 1 saturated heterocycles. The van der Waals surface area contributed by atoms with Crippen molar-refractivity contribution in [2.24, 2.45) is 0 Å². The molecule has 0 saturated carbocycles. The number of alkyl halides is 3. The van der Waals surface area contributed by atoms with Crippen LogP contribution in [0.1, 0.15) is 18.9 Å². The van der Waals surface area contributed by atoms with Crippen molar-refractivity contribution >= 4 is 16.1 Å². The number of carbonyl (C=O) groups excluding carboxylic acids is 1. The van der Waals surface area contributed by atoms with E-state index < -0.39 is 38.8 Å². The van der Waals surface area contributed by atoms with Crippen molar-refractivity contribution in [3.05, 3.63) is 29.8 Å². The monoisotopic (exact) mass is 381 g/mol. The molecule has 1 aromatic carbocycles. The van der Waals surface area contributed by atoms with Crippen LogP contribution in [0.4, 0.5) is 18.0 Å². The molecule has 11 heteroatoms. The predicted molar refractivity (Wildman–Crippen MR) is 81.9 cm³/mol. The number of benzene rings is 1. The van der Waals surface area contributed by atoms with Gasteiger partial charge >= 0.3 is 12.2 Å². The molecule has 1 unspecified atom stereocenters. The van der Waals surface area contributed by atoms with E-state index in [1.807, 2.05) is 0 Å². The maximum absolute atomic E-state index is 12.8. The first-order valence-electron chi connectivity index (χ1n) is 7.51. The summed E-state index contributed by atoms with van der Waals surface area (Å²) in [6, 6.07) is 3.03. The molecule has 0 bridgehead atoms. The molecule has 2 amide bonds. The van der Waals surface area contributed by atoms with Crippen LogP contribution in [0.2, 0.25) is 0 Å². The number of hydroxylamine groups is 1. The van der Waals surface area contributed by atoms with Gasteiger partial charge in [0.1, 0.15) is 6.10 Å². The third kappa shape index (κ3) is 4.83. The SMILES string of the molecule is CCNC(=O)NOC1CCN(S(=O)(=O)c2cccc(C(F)(F)F)c2)C1. The van der Waals surface area contributed by atoms with Gasteiger partial charge in [-0.05, 0) is 31.5 Å². The van der Waals surface area contributed by atoms with E-state index >= 15 is 0 Å². The molecule has 1 aliphatic rings. The Kier molecular flexibility index (Phi) is 5.91. The van der Waals surface area contributed by atoms with Crippen LogP contribution in [-0.4, -0.2) is 44.5 Å². The first-order valence-corrected chi connectivity index (χ1v) is 8.95. The Morgan fingerprint density at radius 2 is 2.12 bits per heavy atom. The van der Waals surface area contributed by atoms with Crippen LogP contribution in [0.25, 0.3) is 0 Å². The number of nitrogens with one attached hydrogen (secondary N) is 2. The van der Waals surface area contributed by atoms with Gasteiger partial charge in [-0.25, -0.2) is 18.7 Å². The molecule has 2 N–H and O–H groups in total. The van der Waals surface area contributed by atoms with Crippen LogP contribution in [0, 0.1) is 0 Å². The number of nitrogens with zero attached hydrogens (tertiary/aromatic N) is 1. The number of halogens is 3. The molecule has 0 spiro atoms. The molecule has 140 valence electrons. The minimum Gasteiger partial charge on any atom is -0.337 e. The van der Waals surface area contributed by atoms with Gasteiger partial charge in [-0.3, -0.25) is 4.84 Å². The number of hydrogen-bond acceptors (Lipinski definition) is 4. The first kappa shape index (κ1) is 19.5. The van der Waals surface area contributed by atoms with E-state index in [9.17, 15) is 26.4 Å². The first-order chi connectivity index (χ1) is 11.6. The lowest BCUT2D eigenvalue weighted by Gasteiger charge is -2.17. The minimum absolute atomic E-state index is 0.0645. The third-order valence-corrected chi connectivity index (χ3v) is 5.42. The summed E-state index contributed by atoms with van der Waals surface area (Å²) in [5, 5.41) is 2.44. The maximum atomic E-state index is 12.8. The van der Waals surface area contributed by atoms with E-state index in [-0.39, 0.29) is 13.1 Å². The van der Waals surface area contributed by atoms with E-state index in [0.29, 0.717) is 19.0 Å². The second kappa shape index (κ2) is 7.58. The molecule has 1 aromatic rings. The highest BCUT2D eigenvalue weighted by Gasteiger charge is 2.36. The van der Waals surface area contributed by atoms with Gasteiger partial charge < -0.3 is 5.32 Å². The normalized spacial score (nSPS) is 19.0. The Labute approximate surface area is 143 Å². The summed E-state index contributed by atoms with van der Waals surface area (Å²) < 4.78 is 64.3. The van der Waals surface area contributed by atoms with Crippen molar-refractivity contribution in [3.63, 3.8) is 0 Å². The molecule has 1 heterocycles. The van der Waals surface area contributed by atoms with E-state index in [2.05, 4.69) is 10.8 Å². The zero-order chi connectivity index (χ0) is 18.7. The van der Waals surface area contributed by atoms with Crippen molar-refractivity contribution in [1.82, 2.24) is 15.1 Å². The van der Waals surface area contributed by atoms with Crippen molar-refractivity contribution in [2.45, 2.75) is 30.5 Å². The average molecular weight is 381 g/mol. The zero-order valence-corrected chi connectivity index (χ0v) is 14.2. The van der Waals surface area contributed by atoms with E-state index in [0.717, 1.165) is 22.5 Å². The fourth-order valence-corrected chi connectivity index (χ4v) is 3.86. The minimum atomic E-state index is -4.63. The van der Waals surface area contributed by atoms with Crippen molar-refractivity contribution in [2.75, 3.05) is 19.6 Å². The Hall–Kier alpha value is -1.85. The predicted octanol–water partition coefficient (Wildman–Crippen LogP) is 1.72. The van der Waals surface area contributed by atoms with E-state index in [1.54, 1.807) is 6.92 Å². The Morgan fingerprint density at radius 1 is 1.40 bits per heavy atom. The molecule has 0 radical (unpaired) electrons. The molecule has 1 atom stereocenters. The molecule has 0 aliphatic carbocycles. The van der Waals surface area contributed by atoms with Crippen LogP contribution >= 0.6 is 0 Å². The fourth-order valence-electron chi connectivity index (χ4n) is 2.33. The second-order valence-corrected chi connectivity index (χ2v) is 7.32. The van der Waals surface area contributed by atoms with Crippen LogP contribution < -0.4 is 10.8 Å². The van der Waals surface area contributed by atoms with E-state index in [1.165, 1.54) is 0 Å². The van der Waals surface area contributed by atoms with Gasteiger partial charge in [0.05, 0.1) is 10.5 Å². The van der Waals surface area contributed by atoms with Gasteiger partial charge in [0, 0.05) is 19.6 Å². The van der Waals surface area contributed by atoms with Crippen LogP contribution in [0.3, 0.4) is 0 Å². The van der Waals surface area contributed by atoms with E-state index in [4.69, 9.17) is 4.84 Å². The summed E-state index contributed by atoms with van der Waals surface area (Å²) in [6.07, 6.45) is -4.90. The topological polar surface area (TPSA) is 87.7 Å². The number of hydrogen-bond donors (Lipinski definition) is 2. The summed E-state index contributed by atoms with van der Waals surface area (Å²) >= 11 is 0. The largest absolute Gasteiger partial charge is 0.416 e. The van der Waals surface area contributed by atoms with Crippen LogP contribution in [0.15, 0.2) is 29.2 Å². The Morgan fingerprint density at radius 3 is 2.76 bits per heavy atom. The van der Waals surface area contributed by atoms with Gasteiger partial charge in [-0.2, -0.15) is 17.5 Å². The van der Waals surface area contributed by atoms with Crippen LogP contribution in [-0.2, 0) is 21.0 Å². The quantitative estimate of drug-likeness (QED) is 0.761. The maximum Gasteiger partial charge on any atom is 0.416 e. The number of amides is 2. The standard InChI is InChI=1S/C14H18F3N3O4S/c1-2-18-13(21)19-24-11-6-7-20(9-11)25(22,23)12-5-3-4-10(8-12)14(15,16)17/h3-5,8,11H,2,6-7,9H2,1H3,(H2,18,19,21). The van der Waals surface area contributed by atoms with Gasteiger partial charge in [-0.1, -0.05) is 6.07 Å². The van der Waals surface area contributed by atoms with Crippen molar-refractivity contribution in [3.8, 4) is 0 Å². The summed E-state index contributed by atoms with van der Waals surface area (Å²) in [4.78, 5) is 15.9. The average Bonchev–Trinajstić information content (AvgIpc) is 3.02. The zero-order valence-electron chi connectivity index (χ0n) is 13.3. The van der Waals surface area contributed by atoms with Crippen molar-refractivity contribution in [1.29, 1.82) is 0 Å². The lowest BCUT2D eigenvalue weighted by atomic mass is 10.2. The molecule has 7 nitrogen and oxygen atoms in total. The lowest BCUT2D eigenvalue weighted by molar-refractivity contribution is -0.137.